The first-order chi connectivity index (χ1) is 11.9. The number of rotatable bonds is 4. The van der Waals surface area contributed by atoms with Crippen molar-refractivity contribution in [3.63, 3.8) is 0 Å². The minimum Gasteiger partial charge on any atom is -0.368 e. The molecule has 1 heterocycles. The molecule has 0 bridgehead atoms. The van der Waals surface area contributed by atoms with Crippen molar-refractivity contribution in [3.8, 4) is 0 Å². The molecule has 0 spiro atoms. The van der Waals surface area contributed by atoms with Crippen molar-refractivity contribution < 1.29 is 14.5 Å². The maximum absolute atomic E-state index is 12.4. The standard InChI is InChI=1S/C16H13BrN4O4/c17-11-6-5-9(7-13(11)21(24)25)15-19-16(23)10-3-1-2-4-12(10)20(15)8-14(18)22/h1-7,15H,8H2,(H2,18,22)(H,19,23)/t15-/m0/s1. The fourth-order valence-corrected chi connectivity index (χ4v) is 3.17. The molecule has 8 nitrogen and oxygen atoms in total. The number of para-hydroxylation sites is 1. The third kappa shape index (κ3) is 3.18. The Balaban J connectivity index is 2.11. The quantitative estimate of drug-likeness (QED) is 0.597. The van der Waals surface area contributed by atoms with E-state index in [2.05, 4.69) is 21.2 Å². The molecule has 128 valence electrons. The van der Waals surface area contributed by atoms with Crippen molar-refractivity contribution >= 4 is 39.1 Å². The Morgan fingerprint density at radius 2 is 2.04 bits per heavy atom. The normalized spacial score (nSPS) is 16.1. The molecular formula is C16H13BrN4O4. The third-order valence-electron chi connectivity index (χ3n) is 3.85. The van der Waals surface area contributed by atoms with Crippen LogP contribution < -0.4 is 16.0 Å². The Morgan fingerprint density at radius 3 is 2.72 bits per heavy atom. The lowest BCUT2D eigenvalue weighted by molar-refractivity contribution is -0.385. The van der Waals surface area contributed by atoms with Crippen LogP contribution in [-0.2, 0) is 4.79 Å². The summed E-state index contributed by atoms with van der Waals surface area (Å²) in [7, 11) is 0. The number of nitro benzene ring substituents is 1. The Kier molecular flexibility index (Phi) is 4.41. The number of nitrogens with two attached hydrogens (primary N) is 1. The number of carbonyl (C=O) groups excluding carboxylic acids is 2. The summed E-state index contributed by atoms with van der Waals surface area (Å²) in [5, 5.41) is 14.0. The van der Waals surface area contributed by atoms with Crippen molar-refractivity contribution in [2.75, 3.05) is 11.4 Å². The van der Waals surface area contributed by atoms with E-state index in [1.807, 2.05) is 0 Å². The van der Waals surface area contributed by atoms with E-state index in [1.165, 1.54) is 12.1 Å². The maximum atomic E-state index is 12.4. The first kappa shape index (κ1) is 16.9. The van der Waals surface area contributed by atoms with Crippen LogP contribution in [0.2, 0.25) is 0 Å². The third-order valence-corrected chi connectivity index (χ3v) is 4.52. The highest BCUT2D eigenvalue weighted by Gasteiger charge is 2.33. The molecule has 0 fully saturated rings. The molecule has 2 aromatic rings. The molecular weight excluding hydrogens is 392 g/mol. The van der Waals surface area contributed by atoms with Gasteiger partial charge in [-0.2, -0.15) is 0 Å². The maximum Gasteiger partial charge on any atom is 0.283 e. The minimum absolute atomic E-state index is 0.135. The van der Waals surface area contributed by atoms with Crippen LogP contribution in [0, 0.1) is 10.1 Å². The largest absolute Gasteiger partial charge is 0.368 e. The number of amides is 2. The molecule has 3 N–H and O–H groups in total. The molecule has 0 aromatic heterocycles. The predicted molar refractivity (Wildman–Crippen MR) is 94.0 cm³/mol. The highest BCUT2D eigenvalue weighted by molar-refractivity contribution is 9.10. The number of halogens is 1. The van der Waals surface area contributed by atoms with Gasteiger partial charge in [-0.3, -0.25) is 19.7 Å². The first-order valence-electron chi connectivity index (χ1n) is 7.27. The van der Waals surface area contributed by atoms with E-state index in [0.717, 1.165) is 0 Å². The van der Waals surface area contributed by atoms with E-state index in [9.17, 15) is 19.7 Å². The molecule has 1 atom stereocenters. The van der Waals surface area contributed by atoms with Crippen molar-refractivity contribution in [3.05, 3.63) is 68.2 Å². The summed E-state index contributed by atoms with van der Waals surface area (Å²) in [6.45, 7) is -0.147. The van der Waals surface area contributed by atoms with Crippen molar-refractivity contribution in [1.82, 2.24) is 5.32 Å². The van der Waals surface area contributed by atoms with Gasteiger partial charge in [0.2, 0.25) is 5.91 Å². The lowest BCUT2D eigenvalue weighted by Gasteiger charge is -2.38. The summed E-state index contributed by atoms with van der Waals surface area (Å²) in [4.78, 5) is 36.2. The smallest absolute Gasteiger partial charge is 0.283 e. The number of fused-ring (bicyclic) bond motifs is 1. The van der Waals surface area contributed by atoms with Crippen LogP contribution in [0.1, 0.15) is 22.1 Å². The van der Waals surface area contributed by atoms with E-state index in [1.54, 1.807) is 35.2 Å². The van der Waals surface area contributed by atoms with Gasteiger partial charge in [-0.1, -0.05) is 18.2 Å². The summed E-state index contributed by atoms with van der Waals surface area (Å²) in [6.07, 6.45) is -0.748. The van der Waals surface area contributed by atoms with Crippen LogP contribution in [0.4, 0.5) is 11.4 Å². The van der Waals surface area contributed by atoms with Gasteiger partial charge in [0.05, 0.1) is 27.2 Å². The van der Waals surface area contributed by atoms with Gasteiger partial charge < -0.3 is 16.0 Å². The summed E-state index contributed by atoms with van der Waals surface area (Å²) >= 11 is 3.13. The lowest BCUT2D eigenvalue weighted by Crippen LogP contribution is -2.49. The number of primary amides is 1. The van der Waals surface area contributed by atoms with Crippen LogP contribution in [0.15, 0.2) is 46.9 Å². The number of anilines is 1. The molecule has 0 saturated carbocycles. The second-order valence-corrected chi connectivity index (χ2v) is 6.31. The SMILES string of the molecule is NC(=O)CN1c2ccccc2C(=O)N[C@@H]1c1ccc(Br)c([N+](=O)[O-])c1. The van der Waals surface area contributed by atoms with E-state index < -0.39 is 17.0 Å². The van der Waals surface area contributed by atoms with E-state index >= 15 is 0 Å². The van der Waals surface area contributed by atoms with Gasteiger partial charge >= 0.3 is 0 Å². The molecule has 1 aliphatic heterocycles. The summed E-state index contributed by atoms with van der Waals surface area (Å²) in [5.74, 6) is -0.908. The van der Waals surface area contributed by atoms with Crippen molar-refractivity contribution in [2.45, 2.75) is 6.17 Å². The molecule has 2 amide bonds. The zero-order chi connectivity index (χ0) is 18.1. The van der Waals surface area contributed by atoms with Crippen molar-refractivity contribution in [2.24, 2.45) is 5.73 Å². The fourth-order valence-electron chi connectivity index (χ4n) is 2.78. The van der Waals surface area contributed by atoms with Crippen LogP contribution in [-0.4, -0.2) is 23.3 Å². The second kappa shape index (κ2) is 6.52. The number of nitrogens with zero attached hydrogens (tertiary/aromatic N) is 2. The Hall–Kier alpha value is -2.94. The molecule has 0 unspecified atom stereocenters. The molecule has 9 heteroatoms. The Morgan fingerprint density at radius 1 is 1.32 bits per heavy atom. The average molecular weight is 405 g/mol. The van der Waals surface area contributed by atoms with Gasteiger partial charge in [-0.05, 0) is 34.1 Å². The average Bonchev–Trinajstić information content (AvgIpc) is 2.57. The zero-order valence-electron chi connectivity index (χ0n) is 12.8. The van der Waals surface area contributed by atoms with E-state index in [0.29, 0.717) is 21.3 Å². The van der Waals surface area contributed by atoms with Gasteiger partial charge in [0.25, 0.3) is 11.6 Å². The number of benzene rings is 2. The van der Waals surface area contributed by atoms with E-state index in [-0.39, 0.29) is 18.1 Å². The highest BCUT2D eigenvalue weighted by atomic mass is 79.9. The number of hydrogen-bond donors (Lipinski definition) is 2. The number of nitro groups is 1. The molecule has 3 rings (SSSR count). The number of nitrogens with one attached hydrogen (secondary N) is 1. The summed E-state index contributed by atoms with van der Waals surface area (Å²) in [6, 6.07) is 11.3. The van der Waals surface area contributed by atoms with Crippen LogP contribution in [0.25, 0.3) is 0 Å². The molecule has 0 saturated heterocycles. The highest BCUT2D eigenvalue weighted by Crippen LogP contribution is 2.35. The molecule has 1 aliphatic rings. The monoisotopic (exact) mass is 404 g/mol. The van der Waals surface area contributed by atoms with Crippen LogP contribution in [0.5, 0.6) is 0 Å². The molecule has 2 aromatic carbocycles. The number of carbonyl (C=O) groups is 2. The molecule has 0 aliphatic carbocycles. The Labute approximate surface area is 150 Å². The van der Waals surface area contributed by atoms with Gasteiger partial charge in [0, 0.05) is 11.6 Å². The predicted octanol–water partition coefficient (Wildman–Crippen LogP) is 2.09. The summed E-state index contributed by atoms with van der Waals surface area (Å²) in [5.41, 5.74) is 6.64. The zero-order valence-corrected chi connectivity index (χ0v) is 14.4. The lowest BCUT2D eigenvalue weighted by atomic mass is 10.0. The van der Waals surface area contributed by atoms with Gasteiger partial charge in [0.1, 0.15) is 6.17 Å². The van der Waals surface area contributed by atoms with Crippen LogP contribution >= 0.6 is 15.9 Å². The van der Waals surface area contributed by atoms with Gasteiger partial charge in [0.15, 0.2) is 0 Å². The van der Waals surface area contributed by atoms with Gasteiger partial charge in [-0.25, -0.2) is 0 Å². The first-order valence-corrected chi connectivity index (χ1v) is 8.06. The fraction of sp³-hybridized carbons (Fsp3) is 0.125. The Bertz CT molecular complexity index is 886. The minimum atomic E-state index is -0.748. The molecule has 0 radical (unpaired) electrons. The van der Waals surface area contributed by atoms with Crippen molar-refractivity contribution in [1.29, 1.82) is 0 Å². The summed E-state index contributed by atoms with van der Waals surface area (Å²) < 4.78 is 0.324. The second-order valence-electron chi connectivity index (χ2n) is 5.46. The van der Waals surface area contributed by atoms with Crippen LogP contribution in [0.3, 0.4) is 0 Å². The topological polar surface area (TPSA) is 119 Å². The van der Waals surface area contributed by atoms with Gasteiger partial charge in [-0.15, -0.1) is 0 Å². The van der Waals surface area contributed by atoms with E-state index in [4.69, 9.17) is 5.73 Å². The number of hydrogen-bond acceptors (Lipinski definition) is 5. The molecule has 25 heavy (non-hydrogen) atoms.